The molecule has 3 aromatic rings. The molecule has 0 aliphatic heterocycles. The van der Waals surface area contributed by atoms with Crippen LogP contribution in [-0.2, 0) is 9.47 Å². The number of hydrogen-bond donors (Lipinski definition) is 1. The molecule has 0 unspecified atom stereocenters. The molecule has 8 nitrogen and oxygen atoms in total. The van der Waals surface area contributed by atoms with Gasteiger partial charge in [-0.05, 0) is 65.3 Å². The lowest BCUT2D eigenvalue weighted by molar-refractivity contribution is 0.0427. The lowest BCUT2D eigenvalue weighted by Gasteiger charge is -2.27. The van der Waals surface area contributed by atoms with E-state index in [4.69, 9.17) is 9.47 Å². The second kappa shape index (κ2) is 8.82. The zero-order chi connectivity index (χ0) is 23.5. The van der Waals surface area contributed by atoms with Crippen molar-refractivity contribution >= 4 is 18.1 Å². The van der Waals surface area contributed by atoms with E-state index in [0.29, 0.717) is 16.3 Å². The van der Waals surface area contributed by atoms with Gasteiger partial charge in [0, 0.05) is 11.9 Å². The van der Waals surface area contributed by atoms with Crippen LogP contribution in [0.25, 0.3) is 22.6 Å². The molecule has 2 heterocycles. The summed E-state index contributed by atoms with van der Waals surface area (Å²) in [5.41, 5.74) is 1.52. The maximum absolute atomic E-state index is 12.8. The maximum Gasteiger partial charge on any atom is 0.427 e. The van der Waals surface area contributed by atoms with Gasteiger partial charge in [-0.15, -0.1) is 4.90 Å². The van der Waals surface area contributed by atoms with Gasteiger partial charge < -0.3 is 14.5 Å². The number of benzene rings is 1. The van der Waals surface area contributed by atoms with E-state index >= 15 is 0 Å². The minimum atomic E-state index is -0.916. The molecule has 0 spiro atoms. The largest absolute Gasteiger partial charge is 0.443 e. The van der Waals surface area contributed by atoms with Gasteiger partial charge in [0.25, 0.3) is 0 Å². The summed E-state index contributed by atoms with van der Waals surface area (Å²) in [4.78, 5) is 38.3. The molecule has 0 bridgehead atoms. The molecule has 0 atom stereocenters. The van der Waals surface area contributed by atoms with E-state index in [2.05, 4.69) is 15.0 Å². The van der Waals surface area contributed by atoms with Gasteiger partial charge >= 0.3 is 12.2 Å². The van der Waals surface area contributed by atoms with Gasteiger partial charge in [-0.3, -0.25) is 0 Å². The van der Waals surface area contributed by atoms with E-state index in [1.165, 1.54) is 6.20 Å². The normalized spacial score (nSPS) is 11.7. The molecular formula is C24H28N4O4. The molecule has 8 heteroatoms. The van der Waals surface area contributed by atoms with E-state index in [-0.39, 0.29) is 5.95 Å². The quantitative estimate of drug-likeness (QED) is 0.556. The molecule has 0 aliphatic rings. The Kier molecular flexibility index (Phi) is 6.34. The number of carbonyl (C=O) groups excluding carboxylic acids is 2. The van der Waals surface area contributed by atoms with Crippen molar-refractivity contribution in [3.05, 3.63) is 54.7 Å². The van der Waals surface area contributed by atoms with Crippen LogP contribution in [0.2, 0.25) is 0 Å². The number of carbonyl (C=O) groups is 2. The molecule has 2 amide bonds. The van der Waals surface area contributed by atoms with Gasteiger partial charge in [0.15, 0.2) is 0 Å². The Bertz CT molecular complexity index is 1070. The average Bonchev–Trinajstić information content (AvgIpc) is 3.16. The first-order chi connectivity index (χ1) is 14.9. The van der Waals surface area contributed by atoms with E-state index < -0.39 is 23.4 Å². The summed E-state index contributed by atoms with van der Waals surface area (Å²) in [6.07, 6.45) is -0.358. The predicted octanol–water partition coefficient (Wildman–Crippen LogP) is 5.82. The van der Waals surface area contributed by atoms with Crippen LogP contribution >= 0.6 is 0 Å². The Morgan fingerprint density at radius 1 is 0.812 bits per heavy atom. The lowest BCUT2D eigenvalue weighted by atomic mass is 10.2. The highest BCUT2D eigenvalue weighted by atomic mass is 16.6. The van der Waals surface area contributed by atoms with Gasteiger partial charge in [0.05, 0.1) is 11.4 Å². The second-order valence-corrected chi connectivity index (χ2v) is 9.19. The minimum Gasteiger partial charge on any atom is -0.443 e. The molecule has 3 rings (SSSR count). The van der Waals surface area contributed by atoms with Gasteiger partial charge in [-0.25, -0.2) is 19.6 Å². The summed E-state index contributed by atoms with van der Waals surface area (Å²) < 4.78 is 10.8. The monoisotopic (exact) mass is 436 g/mol. The van der Waals surface area contributed by atoms with Gasteiger partial charge in [0.1, 0.15) is 11.2 Å². The SMILES string of the molecule is CC(C)(C)OC(=O)N(C(=O)OC(C)(C)C)c1nccc(-c2ccc(-c3ccccc3)[nH]2)n1. The van der Waals surface area contributed by atoms with Crippen molar-refractivity contribution in [2.24, 2.45) is 0 Å². The molecule has 0 saturated heterocycles. The Morgan fingerprint density at radius 2 is 1.38 bits per heavy atom. The average molecular weight is 437 g/mol. The molecule has 0 aliphatic carbocycles. The maximum atomic E-state index is 12.8. The number of amides is 2. The molecular weight excluding hydrogens is 408 g/mol. The molecule has 32 heavy (non-hydrogen) atoms. The first kappa shape index (κ1) is 23.0. The number of H-pyrrole nitrogens is 1. The molecule has 0 radical (unpaired) electrons. The summed E-state index contributed by atoms with van der Waals surface area (Å²) >= 11 is 0. The number of aromatic nitrogens is 3. The summed E-state index contributed by atoms with van der Waals surface area (Å²) in [6.45, 7) is 10.2. The zero-order valence-corrected chi connectivity index (χ0v) is 19.2. The molecule has 168 valence electrons. The fraction of sp³-hybridized carbons (Fsp3) is 0.333. The fourth-order valence-corrected chi connectivity index (χ4v) is 2.79. The van der Waals surface area contributed by atoms with Crippen molar-refractivity contribution < 1.29 is 19.1 Å². The number of aromatic amines is 1. The lowest BCUT2D eigenvalue weighted by Crippen LogP contribution is -2.44. The van der Waals surface area contributed by atoms with Crippen LogP contribution in [0.4, 0.5) is 15.5 Å². The fourth-order valence-electron chi connectivity index (χ4n) is 2.79. The summed E-state index contributed by atoms with van der Waals surface area (Å²) in [7, 11) is 0. The number of anilines is 1. The number of nitrogens with one attached hydrogen (secondary N) is 1. The second-order valence-electron chi connectivity index (χ2n) is 9.19. The first-order valence-corrected chi connectivity index (χ1v) is 10.3. The van der Waals surface area contributed by atoms with Crippen LogP contribution in [0, 0.1) is 0 Å². The first-order valence-electron chi connectivity index (χ1n) is 10.3. The van der Waals surface area contributed by atoms with Crippen molar-refractivity contribution in [3.63, 3.8) is 0 Å². The molecule has 1 N–H and O–H groups in total. The third-order valence-electron chi connectivity index (χ3n) is 4.04. The van der Waals surface area contributed by atoms with E-state index in [0.717, 1.165) is 11.3 Å². The molecule has 1 aromatic carbocycles. The van der Waals surface area contributed by atoms with Crippen molar-refractivity contribution in [2.75, 3.05) is 4.90 Å². The van der Waals surface area contributed by atoms with Crippen molar-refractivity contribution in [1.82, 2.24) is 15.0 Å². The number of ether oxygens (including phenoxy) is 2. The minimum absolute atomic E-state index is 0.137. The van der Waals surface area contributed by atoms with E-state index in [1.54, 1.807) is 47.6 Å². The van der Waals surface area contributed by atoms with Gasteiger partial charge in [-0.2, -0.15) is 0 Å². The Hall–Kier alpha value is -3.68. The summed E-state index contributed by atoms with van der Waals surface area (Å²) in [5, 5.41) is 0. The van der Waals surface area contributed by atoms with Crippen LogP contribution in [-0.4, -0.2) is 38.3 Å². The highest BCUT2D eigenvalue weighted by Gasteiger charge is 2.34. The molecule has 0 fully saturated rings. The third-order valence-corrected chi connectivity index (χ3v) is 4.04. The predicted molar refractivity (Wildman–Crippen MR) is 122 cm³/mol. The van der Waals surface area contributed by atoms with Crippen molar-refractivity contribution in [3.8, 4) is 22.6 Å². The van der Waals surface area contributed by atoms with Crippen LogP contribution in [0.5, 0.6) is 0 Å². The highest BCUT2D eigenvalue weighted by Crippen LogP contribution is 2.25. The van der Waals surface area contributed by atoms with Crippen LogP contribution in [0.15, 0.2) is 54.7 Å². The standard InChI is InChI=1S/C24H28N4O4/c1-23(2,3)31-21(29)28(22(30)32-24(4,5)6)20-25-15-14-19(27-20)18-13-12-17(26-18)16-10-8-7-9-11-16/h7-15,26H,1-6H3. The molecule has 2 aromatic heterocycles. The number of hydrogen-bond acceptors (Lipinski definition) is 6. The highest BCUT2D eigenvalue weighted by molar-refractivity contribution is 6.08. The smallest absolute Gasteiger partial charge is 0.427 e. The zero-order valence-electron chi connectivity index (χ0n) is 19.2. The van der Waals surface area contributed by atoms with Crippen molar-refractivity contribution in [1.29, 1.82) is 0 Å². The van der Waals surface area contributed by atoms with Crippen LogP contribution < -0.4 is 4.90 Å². The summed E-state index contributed by atoms with van der Waals surface area (Å²) in [6, 6.07) is 15.3. The van der Waals surface area contributed by atoms with Crippen LogP contribution in [0.3, 0.4) is 0 Å². The van der Waals surface area contributed by atoms with Crippen molar-refractivity contribution in [2.45, 2.75) is 52.7 Å². The van der Waals surface area contributed by atoms with E-state index in [1.807, 2.05) is 42.5 Å². The Morgan fingerprint density at radius 3 is 1.94 bits per heavy atom. The van der Waals surface area contributed by atoms with Gasteiger partial charge in [0.2, 0.25) is 5.95 Å². The topological polar surface area (TPSA) is 97.4 Å². The van der Waals surface area contributed by atoms with E-state index in [9.17, 15) is 9.59 Å². The third kappa shape index (κ3) is 5.94. The summed E-state index contributed by atoms with van der Waals surface area (Å²) in [5.74, 6) is -0.137. The Balaban J connectivity index is 1.96. The number of imide groups is 1. The molecule has 0 saturated carbocycles. The number of nitrogens with zero attached hydrogens (tertiary/aromatic N) is 3. The van der Waals surface area contributed by atoms with Gasteiger partial charge in [-0.1, -0.05) is 30.3 Å². The Labute approximate surface area is 187 Å². The number of rotatable bonds is 3. The van der Waals surface area contributed by atoms with Crippen LogP contribution in [0.1, 0.15) is 41.5 Å².